The average Bonchev–Trinajstić information content (AvgIpc) is 2.66. The number of aromatic nitrogens is 1. The molecular weight excluding hydrogens is 244 g/mol. The van der Waals surface area contributed by atoms with Crippen LogP contribution in [0.5, 0.6) is 0 Å². The third-order valence-corrected chi connectivity index (χ3v) is 3.15. The predicted molar refractivity (Wildman–Crippen MR) is 72.2 cm³/mol. The molecule has 1 amide bonds. The fourth-order valence-corrected chi connectivity index (χ4v) is 2.02. The molecule has 1 aromatic heterocycles. The van der Waals surface area contributed by atoms with E-state index in [9.17, 15) is 9.59 Å². The Kier molecular flexibility index (Phi) is 3.29. The van der Waals surface area contributed by atoms with Crippen molar-refractivity contribution in [2.24, 2.45) is 7.05 Å². The Hall–Kier alpha value is -2.30. The summed E-state index contributed by atoms with van der Waals surface area (Å²) in [7, 11) is 1.79. The van der Waals surface area contributed by atoms with E-state index in [1.54, 1.807) is 17.7 Å². The molecule has 1 heterocycles. The lowest BCUT2D eigenvalue weighted by atomic mass is 10.2. The van der Waals surface area contributed by atoms with Crippen LogP contribution in [0, 0.1) is 6.92 Å². The van der Waals surface area contributed by atoms with Gasteiger partial charge in [-0.1, -0.05) is 11.6 Å². The van der Waals surface area contributed by atoms with Gasteiger partial charge in [0.05, 0.1) is 0 Å². The lowest BCUT2D eigenvalue weighted by Gasteiger charge is -2.09. The zero-order valence-corrected chi connectivity index (χ0v) is 11.1. The maximum absolute atomic E-state index is 12.0. The SMILES string of the molecule is Cc1ccc2c(c1)cc(C(=O)NC(C)C(=O)O)n2C. The van der Waals surface area contributed by atoms with E-state index >= 15 is 0 Å². The fourth-order valence-electron chi connectivity index (χ4n) is 2.02. The van der Waals surface area contributed by atoms with Crippen LogP contribution in [0.3, 0.4) is 0 Å². The molecule has 0 aliphatic carbocycles. The van der Waals surface area contributed by atoms with Crippen LogP contribution in [0.2, 0.25) is 0 Å². The molecule has 1 atom stereocenters. The highest BCUT2D eigenvalue weighted by atomic mass is 16.4. The summed E-state index contributed by atoms with van der Waals surface area (Å²) in [5.41, 5.74) is 2.51. The number of amides is 1. The first-order valence-electron chi connectivity index (χ1n) is 6.00. The molecule has 0 radical (unpaired) electrons. The minimum atomic E-state index is -1.05. The Morgan fingerprint density at radius 1 is 1.32 bits per heavy atom. The summed E-state index contributed by atoms with van der Waals surface area (Å²) >= 11 is 0. The van der Waals surface area contributed by atoms with Crippen molar-refractivity contribution in [3.05, 3.63) is 35.5 Å². The molecule has 2 N–H and O–H groups in total. The van der Waals surface area contributed by atoms with Gasteiger partial charge in [-0.15, -0.1) is 0 Å². The quantitative estimate of drug-likeness (QED) is 0.882. The van der Waals surface area contributed by atoms with Crippen LogP contribution in [0.4, 0.5) is 0 Å². The van der Waals surface area contributed by atoms with E-state index in [2.05, 4.69) is 5.32 Å². The van der Waals surface area contributed by atoms with Crippen molar-refractivity contribution in [2.45, 2.75) is 19.9 Å². The first-order valence-corrected chi connectivity index (χ1v) is 6.00. The highest BCUT2D eigenvalue weighted by Crippen LogP contribution is 2.20. The second-order valence-corrected chi connectivity index (χ2v) is 4.68. The van der Waals surface area contributed by atoms with Gasteiger partial charge in [-0.2, -0.15) is 0 Å². The molecule has 5 heteroatoms. The number of nitrogens with one attached hydrogen (secondary N) is 1. The molecule has 0 aliphatic rings. The molecule has 0 aliphatic heterocycles. The molecule has 1 aromatic carbocycles. The Bertz CT molecular complexity index is 658. The molecule has 5 nitrogen and oxygen atoms in total. The number of benzene rings is 1. The number of aliphatic carboxylic acids is 1. The zero-order chi connectivity index (χ0) is 14.2. The van der Waals surface area contributed by atoms with Crippen molar-refractivity contribution in [3.8, 4) is 0 Å². The summed E-state index contributed by atoms with van der Waals surface area (Å²) in [5, 5.41) is 12.2. The number of fused-ring (bicyclic) bond motifs is 1. The minimum absolute atomic E-state index is 0.383. The van der Waals surface area contributed by atoms with Gasteiger partial charge < -0.3 is 15.0 Å². The number of aryl methyl sites for hydroxylation is 2. The van der Waals surface area contributed by atoms with Gasteiger partial charge in [0, 0.05) is 18.0 Å². The van der Waals surface area contributed by atoms with E-state index in [0.29, 0.717) is 5.69 Å². The monoisotopic (exact) mass is 260 g/mol. The largest absolute Gasteiger partial charge is 0.480 e. The summed E-state index contributed by atoms with van der Waals surface area (Å²) in [6.07, 6.45) is 0. The van der Waals surface area contributed by atoms with Crippen LogP contribution in [-0.4, -0.2) is 27.6 Å². The molecule has 0 saturated heterocycles. The Morgan fingerprint density at radius 3 is 2.63 bits per heavy atom. The maximum Gasteiger partial charge on any atom is 0.325 e. The van der Waals surface area contributed by atoms with Gasteiger partial charge in [0.15, 0.2) is 0 Å². The van der Waals surface area contributed by atoms with E-state index in [-0.39, 0.29) is 5.91 Å². The Morgan fingerprint density at radius 2 is 2.00 bits per heavy atom. The summed E-state index contributed by atoms with van der Waals surface area (Å²) in [4.78, 5) is 22.8. The molecule has 0 saturated carbocycles. The predicted octanol–water partition coefficient (Wildman–Crippen LogP) is 1.69. The first-order chi connectivity index (χ1) is 8.90. The smallest absolute Gasteiger partial charge is 0.325 e. The van der Waals surface area contributed by atoms with Crippen LogP contribution < -0.4 is 5.32 Å². The number of carbonyl (C=O) groups excluding carboxylic acids is 1. The highest BCUT2D eigenvalue weighted by molar-refractivity contribution is 6.00. The number of rotatable bonds is 3. The normalized spacial score (nSPS) is 12.4. The van der Waals surface area contributed by atoms with Crippen LogP contribution >= 0.6 is 0 Å². The van der Waals surface area contributed by atoms with Gasteiger partial charge >= 0.3 is 5.97 Å². The average molecular weight is 260 g/mol. The maximum atomic E-state index is 12.0. The Labute approximate surface area is 110 Å². The van der Waals surface area contributed by atoms with E-state index in [4.69, 9.17) is 5.11 Å². The van der Waals surface area contributed by atoms with Crippen LogP contribution in [0.25, 0.3) is 10.9 Å². The molecule has 2 rings (SSSR count). The number of carbonyl (C=O) groups is 2. The third kappa shape index (κ3) is 2.45. The second-order valence-electron chi connectivity index (χ2n) is 4.68. The van der Waals surface area contributed by atoms with Crippen LogP contribution in [0.1, 0.15) is 23.0 Å². The summed E-state index contributed by atoms with van der Waals surface area (Å²) in [6, 6.07) is 6.78. The molecule has 2 aromatic rings. The summed E-state index contributed by atoms with van der Waals surface area (Å²) < 4.78 is 1.76. The third-order valence-electron chi connectivity index (χ3n) is 3.15. The number of hydrogen-bond donors (Lipinski definition) is 2. The fraction of sp³-hybridized carbons (Fsp3) is 0.286. The van der Waals surface area contributed by atoms with E-state index in [0.717, 1.165) is 16.5 Å². The topological polar surface area (TPSA) is 71.3 Å². The molecule has 1 unspecified atom stereocenters. The standard InChI is InChI=1S/C14H16N2O3/c1-8-4-5-11-10(6-8)7-12(16(11)3)13(17)15-9(2)14(18)19/h4-7,9H,1-3H3,(H,15,17)(H,18,19). The highest BCUT2D eigenvalue weighted by Gasteiger charge is 2.18. The van der Waals surface area contributed by atoms with Crippen molar-refractivity contribution < 1.29 is 14.7 Å². The van der Waals surface area contributed by atoms with Gasteiger partial charge in [-0.25, -0.2) is 0 Å². The first kappa shape index (κ1) is 13.1. The molecule has 0 spiro atoms. The molecule has 100 valence electrons. The van der Waals surface area contributed by atoms with Gasteiger partial charge in [-0.05, 0) is 32.0 Å². The summed E-state index contributed by atoms with van der Waals surface area (Å²) in [5.74, 6) is -1.44. The second kappa shape index (κ2) is 4.76. The Balaban J connectivity index is 2.37. The number of hydrogen-bond acceptors (Lipinski definition) is 2. The molecule has 0 fully saturated rings. The lowest BCUT2D eigenvalue weighted by Crippen LogP contribution is -2.39. The van der Waals surface area contributed by atoms with Crippen molar-refractivity contribution in [3.63, 3.8) is 0 Å². The summed E-state index contributed by atoms with van der Waals surface area (Å²) in [6.45, 7) is 3.42. The molecular formula is C14H16N2O3. The van der Waals surface area contributed by atoms with Crippen molar-refractivity contribution in [1.82, 2.24) is 9.88 Å². The zero-order valence-electron chi connectivity index (χ0n) is 11.1. The number of nitrogens with zero attached hydrogens (tertiary/aromatic N) is 1. The van der Waals surface area contributed by atoms with E-state index in [1.165, 1.54) is 6.92 Å². The van der Waals surface area contributed by atoms with Gasteiger partial charge in [0.2, 0.25) is 0 Å². The van der Waals surface area contributed by atoms with Crippen molar-refractivity contribution in [1.29, 1.82) is 0 Å². The number of carboxylic acids is 1. The lowest BCUT2D eigenvalue weighted by molar-refractivity contribution is -0.138. The van der Waals surface area contributed by atoms with Gasteiger partial charge in [0.1, 0.15) is 11.7 Å². The minimum Gasteiger partial charge on any atom is -0.480 e. The van der Waals surface area contributed by atoms with E-state index in [1.807, 2.05) is 25.1 Å². The molecule has 19 heavy (non-hydrogen) atoms. The van der Waals surface area contributed by atoms with Crippen molar-refractivity contribution in [2.75, 3.05) is 0 Å². The molecule has 0 bridgehead atoms. The van der Waals surface area contributed by atoms with E-state index < -0.39 is 12.0 Å². The van der Waals surface area contributed by atoms with Crippen LogP contribution in [0.15, 0.2) is 24.3 Å². The van der Waals surface area contributed by atoms with Crippen LogP contribution in [-0.2, 0) is 11.8 Å². The van der Waals surface area contributed by atoms with Gasteiger partial charge in [0.25, 0.3) is 5.91 Å². The number of carboxylic acid groups (broad SMARTS) is 1. The van der Waals surface area contributed by atoms with Gasteiger partial charge in [-0.3, -0.25) is 9.59 Å². The van der Waals surface area contributed by atoms with Crippen molar-refractivity contribution >= 4 is 22.8 Å².